The number of aldehydes is 1. The molecular weight excluding hydrogens is 206 g/mol. The first-order valence-corrected chi connectivity index (χ1v) is 5.81. The molecule has 0 aliphatic carbocycles. The van der Waals surface area contributed by atoms with Gasteiger partial charge in [0, 0.05) is 13.2 Å². The zero-order chi connectivity index (χ0) is 11.8. The van der Waals surface area contributed by atoms with Gasteiger partial charge in [-0.1, -0.05) is 18.6 Å². The van der Waals surface area contributed by atoms with Crippen molar-refractivity contribution in [1.82, 2.24) is 15.0 Å². The van der Waals surface area contributed by atoms with Crippen LogP contribution < -0.4 is 0 Å². The average Bonchev–Trinajstić information content (AvgIpc) is 2.68. The Kier molecular flexibility index (Phi) is 5.71. The molecule has 0 aromatic carbocycles. The summed E-state index contributed by atoms with van der Waals surface area (Å²) in [6.45, 7) is 3.08. The van der Waals surface area contributed by atoms with E-state index in [9.17, 15) is 4.79 Å². The minimum atomic E-state index is 0.235. The van der Waals surface area contributed by atoms with E-state index in [1.54, 1.807) is 0 Å². The zero-order valence-electron chi connectivity index (χ0n) is 9.72. The predicted molar refractivity (Wildman–Crippen MR) is 60.3 cm³/mol. The highest BCUT2D eigenvalue weighted by atomic mass is 16.2. The van der Waals surface area contributed by atoms with E-state index in [0.29, 0.717) is 5.69 Å². The van der Waals surface area contributed by atoms with Crippen LogP contribution in [0.15, 0.2) is 0 Å². The molecule has 1 aromatic heterocycles. The fraction of sp³-hybridized carbons (Fsp3) is 0.727. The average molecular weight is 225 g/mol. The third-order valence-corrected chi connectivity index (χ3v) is 2.49. The number of aromatic nitrogens is 3. The lowest BCUT2D eigenvalue weighted by Crippen LogP contribution is -2.06. The van der Waals surface area contributed by atoms with Crippen molar-refractivity contribution in [3.63, 3.8) is 0 Å². The molecule has 0 amide bonds. The van der Waals surface area contributed by atoms with E-state index < -0.39 is 0 Å². The lowest BCUT2D eigenvalue weighted by Gasteiger charge is -2.05. The summed E-state index contributed by atoms with van der Waals surface area (Å²) >= 11 is 0. The normalized spacial score (nSPS) is 10.6. The summed E-state index contributed by atoms with van der Waals surface area (Å²) in [5, 5.41) is 16.5. The topological polar surface area (TPSA) is 68.0 Å². The highest BCUT2D eigenvalue weighted by molar-refractivity contribution is 5.73. The van der Waals surface area contributed by atoms with Gasteiger partial charge >= 0.3 is 0 Å². The Balaban J connectivity index is 2.57. The monoisotopic (exact) mass is 225 g/mol. The van der Waals surface area contributed by atoms with Crippen molar-refractivity contribution in [3.05, 3.63) is 11.4 Å². The molecule has 0 fully saturated rings. The van der Waals surface area contributed by atoms with Gasteiger partial charge < -0.3 is 5.11 Å². The number of aliphatic hydroxyl groups is 1. The molecule has 0 aliphatic rings. The van der Waals surface area contributed by atoms with Crippen LogP contribution in [-0.4, -0.2) is 33.0 Å². The van der Waals surface area contributed by atoms with E-state index in [-0.39, 0.29) is 6.61 Å². The van der Waals surface area contributed by atoms with Crippen molar-refractivity contribution in [2.75, 3.05) is 6.61 Å². The van der Waals surface area contributed by atoms with Gasteiger partial charge in [0.05, 0.1) is 5.69 Å². The van der Waals surface area contributed by atoms with E-state index in [4.69, 9.17) is 5.11 Å². The number of hydrogen-bond acceptors (Lipinski definition) is 4. The molecule has 0 bridgehead atoms. The van der Waals surface area contributed by atoms with Gasteiger partial charge in [0.1, 0.15) is 5.69 Å². The fourth-order valence-corrected chi connectivity index (χ4v) is 1.66. The molecule has 0 radical (unpaired) electrons. The zero-order valence-corrected chi connectivity index (χ0v) is 9.72. The van der Waals surface area contributed by atoms with Crippen LogP contribution in [-0.2, 0) is 13.0 Å². The van der Waals surface area contributed by atoms with Gasteiger partial charge in [-0.2, -0.15) is 0 Å². The first-order valence-electron chi connectivity index (χ1n) is 5.81. The molecule has 1 rings (SSSR count). The Hall–Kier alpha value is -1.23. The molecule has 16 heavy (non-hydrogen) atoms. The van der Waals surface area contributed by atoms with E-state index in [1.165, 1.54) is 0 Å². The highest BCUT2D eigenvalue weighted by Gasteiger charge is 2.10. The quantitative estimate of drug-likeness (QED) is 0.533. The highest BCUT2D eigenvalue weighted by Crippen LogP contribution is 2.08. The molecule has 5 heteroatoms. The van der Waals surface area contributed by atoms with Crippen LogP contribution in [0.2, 0.25) is 0 Å². The second-order valence-electron chi connectivity index (χ2n) is 3.80. The first kappa shape index (κ1) is 12.8. The Morgan fingerprint density at radius 1 is 1.38 bits per heavy atom. The molecule has 0 spiro atoms. The van der Waals surface area contributed by atoms with Crippen molar-refractivity contribution in [2.45, 2.75) is 45.6 Å². The number of aliphatic hydroxyl groups excluding tert-OH is 1. The minimum Gasteiger partial charge on any atom is -0.396 e. The summed E-state index contributed by atoms with van der Waals surface area (Å²) in [6, 6.07) is 0. The maximum atomic E-state index is 10.7. The summed E-state index contributed by atoms with van der Waals surface area (Å²) in [4.78, 5) is 10.7. The number of carbonyl (C=O) groups excluding carboxylic acids is 1. The number of unbranched alkanes of at least 4 members (excludes halogenated alkanes) is 2. The van der Waals surface area contributed by atoms with Gasteiger partial charge in [-0.25, -0.2) is 4.68 Å². The second-order valence-corrected chi connectivity index (χ2v) is 3.80. The molecule has 0 saturated heterocycles. The molecule has 0 aliphatic heterocycles. The van der Waals surface area contributed by atoms with E-state index in [1.807, 2.05) is 4.68 Å². The predicted octanol–water partition coefficient (Wildman–Crippen LogP) is 1.21. The summed E-state index contributed by atoms with van der Waals surface area (Å²) in [6.07, 6.45) is 5.32. The van der Waals surface area contributed by atoms with E-state index in [2.05, 4.69) is 17.2 Å². The summed E-state index contributed by atoms with van der Waals surface area (Å²) in [5.41, 5.74) is 1.39. The van der Waals surface area contributed by atoms with E-state index >= 15 is 0 Å². The Morgan fingerprint density at radius 2 is 2.19 bits per heavy atom. The molecular formula is C11H19N3O2. The third kappa shape index (κ3) is 3.41. The number of hydrogen-bond donors (Lipinski definition) is 1. The van der Waals surface area contributed by atoms with Crippen molar-refractivity contribution in [3.8, 4) is 0 Å². The molecule has 0 atom stereocenters. The molecule has 1 heterocycles. The third-order valence-electron chi connectivity index (χ3n) is 2.49. The van der Waals surface area contributed by atoms with Crippen LogP contribution in [0.5, 0.6) is 0 Å². The van der Waals surface area contributed by atoms with Crippen LogP contribution in [0.3, 0.4) is 0 Å². The number of carbonyl (C=O) groups is 1. The van der Waals surface area contributed by atoms with Gasteiger partial charge in [-0.15, -0.1) is 5.10 Å². The first-order chi connectivity index (χ1) is 7.83. The van der Waals surface area contributed by atoms with Crippen LogP contribution in [0, 0.1) is 0 Å². The Morgan fingerprint density at radius 3 is 2.81 bits per heavy atom. The summed E-state index contributed by atoms with van der Waals surface area (Å²) in [7, 11) is 0. The number of rotatable bonds is 8. The Labute approximate surface area is 95.5 Å². The maximum absolute atomic E-state index is 10.7. The van der Waals surface area contributed by atoms with Crippen molar-refractivity contribution in [2.24, 2.45) is 0 Å². The van der Waals surface area contributed by atoms with Gasteiger partial charge in [-0.3, -0.25) is 4.79 Å². The molecule has 1 N–H and O–H groups in total. The lowest BCUT2D eigenvalue weighted by atomic mass is 10.2. The van der Waals surface area contributed by atoms with Crippen LogP contribution in [0.1, 0.15) is 48.8 Å². The molecule has 5 nitrogen and oxygen atoms in total. The van der Waals surface area contributed by atoms with Gasteiger partial charge in [-0.05, 0) is 25.7 Å². The summed E-state index contributed by atoms with van der Waals surface area (Å²) in [5.74, 6) is 0. The van der Waals surface area contributed by atoms with Gasteiger partial charge in [0.15, 0.2) is 6.29 Å². The maximum Gasteiger partial charge on any atom is 0.172 e. The van der Waals surface area contributed by atoms with E-state index in [0.717, 1.165) is 50.6 Å². The number of aryl methyl sites for hydroxylation is 1. The van der Waals surface area contributed by atoms with Gasteiger partial charge in [0.2, 0.25) is 0 Å². The Bertz CT molecular complexity index is 323. The summed E-state index contributed by atoms with van der Waals surface area (Å²) < 4.78 is 1.81. The van der Waals surface area contributed by atoms with Crippen molar-refractivity contribution in [1.29, 1.82) is 0 Å². The molecule has 90 valence electrons. The van der Waals surface area contributed by atoms with Crippen LogP contribution >= 0.6 is 0 Å². The van der Waals surface area contributed by atoms with Crippen LogP contribution in [0.4, 0.5) is 0 Å². The molecule has 0 unspecified atom stereocenters. The molecule has 1 aromatic rings. The molecule has 0 saturated carbocycles. The smallest absolute Gasteiger partial charge is 0.172 e. The largest absolute Gasteiger partial charge is 0.396 e. The SMILES string of the molecule is CCCc1c(C=O)nnn1CCCCCO. The second kappa shape index (κ2) is 7.11. The minimum absolute atomic E-state index is 0.235. The standard InChI is InChI=1S/C11H19N3O2/c1-2-6-11-10(9-16)12-13-14(11)7-4-3-5-8-15/h9,15H,2-8H2,1H3. The van der Waals surface area contributed by atoms with Crippen molar-refractivity contribution >= 4 is 6.29 Å². The van der Waals surface area contributed by atoms with Gasteiger partial charge in [0.25, 0.3) is 0 Å². The van der Waals surface area contributed by atoms with Crippen molar-refractivity contribution < 1.29 is 9.90 Å². The lowest BCUT2D eigenvalue weighted by molar-refractivity contribution is 0.111. The fourth-order valence-electron chi connectivity index (χ4n) is 1.66. The van der Waals surface area contributed by atoms with Crippen LogP contribution in [0.25, 0.3) is 0 Å². The number of nitrogens with zero attached hydrogens (tertiary/aromatic N) is 3.